The van der Waals surface area contributed by atoms with E-state index in [1.807, 2.05) is 4.98 Å². The van der Waals surface area contributed by atoms with Crippen LogP contribution in [0.2, 0.25) is 0 Å². The van der Waals surface area contributed by atoms with Crippen LogP contribution in [-0.2, 0) is 14.8 Å². The van der Waals surface area contributed by atoms with E-state index in [0.29, 0.717) is 30.0 Å². The molecule has 2 aromatic rings. The molecule has 1 aliphatic heterocycles. The largest absolute Gasteiger partial charge is 0.497 e. The van der Waals surface area contributed by atoms with Crippen LogP contribution in [0.25, 0.3) is 0 Å². The number of rotatable bonds is 6. The maximum atomic E-state index is 13.1. The van der Waals surface area contributed by atoms with Gasteiger partial charge in [-0.25, -0.2) is 13.2 Å². The molecular weight excluding hydrogens is 428 g/mol. The topological polar surface area (TPSA) is 151 Å². The van der Waals surface area contributed by atoms with E-state index in [1.54, 1.807) is 18.2 Å². The van der Waals surface area contributed by atoms with Crippen molar-refractivity contribution >= 4 is 21.6 Å². The molecular formula is C19H24N4O7S. The lowest BCUT2D eigenvalue weighted by atomic mass is 9.98. The molecule has 1 unspecified atom stereocenters. The van der Waals surface area contributed by atoms with Crippen molar-refractivity contribution in [1.29, 1.82) is 0 Å². The number of aryl methyl sites for hydroxylation is 1. The molecule has 1 fully saturated rings. The average molecular weight is 452 g/mol. The Hall–Kier alpha value is -3.12. The first kappa shape index (κ1) is 22.6. The van der Waals surface area contributed by atoms with Gasteiger partial charge < -0.3 is 19.8 Å². The Morgan fingerprint density at radius 2 is 1.94 bits per heavy atom. The van der Waals surface area contributed by atoms with E-state index in [-0.39, 0.29) is 24.7 Å². The predicted octanol–water partition coefficient (Wildman–Crippen LogP) is 0.428. The van der Waals surface area contributed by atoms with Crippen LogP contribution < -0.4 is 26.0 Å². The van der Waals surface area contributed by atoms with Crippen LogP contribution in [-0.4, -0.2) is 55.9 Å². The fourth-order valence-electron chi connectivity index (χ4n) is 3.54. The molecule has 1 aromatic carbocycles. The van der Waals surface area contributed by atoms with Gasteiger partial charge in [0.2, 0.25) is 15.9 Å². The van der Waals surface area contributed by atoms with Crippen LogP contribution in [0.5, 0.6) is 11.5 Å². The van der Waals surface area contributed by atoms with Crippen LogP contribution in [0.1, 0.15) is 18.5 Å². The maximum absolute atomic E-state index is 13.1. The Morgan fingerprint density at radius 3 is 2.58 bits per heavy atom. The van der Waals surface area contributed by atoms with Crippen LogP contribution in [0.4, 0.5) is 5.69 Å². The molecule has 11 nitrogen and oxygen atoms in total. The lowest BCUT2D eigenvalue weighted by Gasteiger charge is -2.31. The first-order valence-corrected chi connectivity index (χ1v) is 11.0. The lowest BCUT2D eigenvalue weighted by Crippen LogP contribution is -2.45. The fourth-order valence-corrected chi connectivity index (χ4v) is 5.27. The maximum Gasteiger partial charge on any atom is 0.325 e. The highest BCUT2D eigenvalue weighted by Crippen LogP contribution is 2.30. The number of aromatic amines is 2. The summed E-state index contributed by atoms with van der Waals surface area (Å²) in [4.78, 5) is 40.1. The number of nitrogens with one attached hydrogen (secondary N) is 3. The Balaban J connectivity index is 1.81. The molecule has 1 aromatic heterocycles. The molecule has 0 saturated carbocycles. The zero-order chi connectivity index (χ0) is 22.8. The fraction of sp³-hybridized carbons (Fsp3) is 0.421. The van der Waals surface area contributed by atoms with E-state index >= 15 is 0 Å². The van der Waals surface area contributed by atoms with Gasteiger partial charge in [-0.2, -0.15) is 4.31 Å². The van der Waals surface area contributed by atoms with Gasteiger partial charge in [-0.1, -0.05) is 0 Å². The van der Waals surface area contributed by atoms with Crippen LogP contribution in [0.15, 0.2) is 32.7 Å². The van der Waals surface area contributed by atoms with Crippen molar-refractivity contribution in [2.75, 3.05) is 32.6 Å². The van der Waals surface area contributed by atoms with E-state index in [9.17, 15) is 22.8 Å². The minimum Gasteiger partial charge on any atom is -0.497 e. The molecule has 0 radical (unpaired) electrons. The second-order valence-electron chi connectivity index (χ2n) is 7.12. The summed E-state index contributed by atoms with van der Waals surface area (Å²) in [6.07, 6.45) is 0.925. The Labute approximate surface area is 178 Å². The Bertz CT molecular complexity index is 1200. The van der Waals surface area contributed by atoms with Gasteiger partial charge >= 0.3 is 5.69 Å². The van der Waals surface area contributed by atoms with Gasteiger partial charge in [0, 0.05) is 24.8 Å². The highest BCUT2D eigenvalue weighted by atomic mass is 32.2. The quantitative estimate of drug-likeness (QED) is 0.575. The van der Waals surface area contributed by atoms with E-state index in [0.717, 1.165) is 4.31 Å². The predicted molar refractivity (Wildman–Crippen MR) is 112 cm³/mol. The summed E-state index contributed by atoms with van der Waals surface area (Å²) in [7, 11) is -1.23. The third kappa shape index (κ3) is 4.64. The van der Waals surface area contributed by atoms with Crippen LogP contribution >= 0.6 is 0 Å². The zero-order valence-electron chi connectivity index (χ0n) is 17.4. The summed E-state index contributed by atoms with van der Waals surface area (Å²) in [5, 5.41) is 2.77. The van der Waals surface area contributed by atoms with Gasteiger partial charge in [0.1, 0.15) is 11.5 Å². The van der Waals surface area contributed by atoms with E-state index in [2.05, 4.69) is 10.3 Å². The minimum absolute atomic E-state index is 0.0525. The number of piperidine rings is 1. The summed E-state index contributed by atoms with van der Waals surface area (Å²) < 4.78 is 37.6. The van der Waals surface area contributed by atoms with Crippen LogP contribution in [0.3, 0.4) is 0 Å². The van der Waals surface area contributed by atoms with Crippen molar-refractivity contribution in [3.8, 4) is 11.5 Å². The molecule has 1 amide bonds. The normalized spacial score (nSPS) is 17.2. The van der Waals surface area contributed by atoms with Crippen LogP contribution in [0, 0.1) is 12.8 Å². The van der Waals surface area contributed by atoms with Crippen molar-refractivity contribution < 1.29 is 22.7 Å². The molecule has 168 valence electrons. The summed E-state index contributed by atoms with van der Waals surface area (Å²) in [5.74, 6) is -0.0254. The highest BCUT2D eigenvalue weighted by Gasteiger charge is 2.36. The SMILES string of the molecule is COc1ccc(NC(=O)C2CCCN(S(=O)(=O)c3c(C)[nH]c(=O)[nH]c3=O)C2)c(OC)c1. The van der Waals surface area contributed by atoms with Gasteiger partial charge in [0.15, 0.2) is 4.90 Å². The average Bonchev–Trinajstić information content (AvgIpc) is 2.73. The van der Waals surface area contributed by atoms with Gasteiger partial charge in [-0.15, -0.1) is 0 Å². The number of methoxy groups -OCH3 is 2. The Morgan fingerprint density at radius 1 is 1.19 bits per heavy atom. The number of benzene rings is 1. The third-order valence-electron chi connectivity index (χ3n) is 5.09. The number of H-pyrrole nitrogens is 2. The number of aromatic nitrogens is 2. The van der Waals surface area contributed by atoms with Gasteiger partial charge in [-0.3, -0.25) is 14.6 Å². The number of amides is 1. The number of ether oxygens (including phenoxy) is 2. The third-order valence-corrected chi connectivity index (χ3v) is 7.11. The summed E-state index contributed by atoms with van der Waals surface area (Å²) in [6.45, 7) is 1.41. The molecule has 0 spiro atoms. The lowest BCUT2D eigenvalue weighted by molar-refractivity contribution is -0.120. The number of carbonyl (C=O) groups is 1. The number of anilines is 1. The number of nitrogens with zero attached hydrogens (tertiary/aromatic N) is 1. The van der Waals surface area contributed by atoms with Crippen molar-refractivity contribution in [1.82, 2.24) is 14.3 Å². The monoisotopic (exact) mass is 452 g/mol. The molecule has 1 aliphatic rings. The van der Waals surface area contributed by atoms with E-state index < -0.39 is 32.1 Å². The van der Waals surface area contributed by atoms with Crippen molar-refractivity contribution in [3.63, 3.8) is 0 Å². The van der Waals surface area contributed by atoms with Crippen molar-refractivity contribution in [2.45, 2.75) is 24.7 Å². The second-order valence-corrected chi connectivity index (χ2v) is 8.99. The summed E-state index contributed by atoms with van der Waals surface area (Å²) in [5.41, 5.74) is -1.40. The minimum atomic E-state index is -4.20. The molecule has 12 heteroatoms. The van der Waals surface area contributed by atoms with E-state index in [4.69, 9.17) is 9.47 Å². The molecule has 3 N–H and O–H groups in total. The number of hydrogen-bond acceptors (Lipinski definition) is 7. The molecule has 1 saturated heterocycles. The van der Waals surface area contributed by atoms with Gasteiger partial charge in [0.05, 0.1) is 25.8 Å². The highest BCUT2D eigenvalue weighted by molar-refractivity contribution is 7.89. The standard InChI is InChI=1S/C19H24N4O7S/c1-11-16(18(25)22-19(26)20-11)31(27,28)23-8-4-5-12(10-23)17(24)21-14-7-6-13(29-2)9-15(14)30-3/h6-7,9,12H,4-5,8,10H2,1-3H3,(H,21,24)(H2,20,22,25,26). The molecule has 1 atom stereocenters. The number of sulfonamides is 1. The van der Waals surface area contributed by atoms with Gasteiger partial charge in [-0.05, 0) is 31.9 Å². The molecule has 3 rings (SSSR count). The van der Waals surface area contributed by atoms with Crippen molar-refractivity contribution in [3.05, 3.63) is 44.7 Å². The zero-order valence-corrected chi connectivity index (χ0v) is 18.2. The molecule has 0 aliphatic carbocycles. The summed E-state index contributed by atoms with van der Waals surface area (Å²) >= 11 is 0. The molecule has 0 bridgehead atoms. The van der Waals surface area contributed by atoms with Crippen molar-refractivity contribution in [2.24, 2.45) is 5.92 Å². The first-order valence-electron chi connectivity index (χ1n) is 9.53. The first-order chi connectivity index (χ1) is 14.7. The second kappa shape index (κ2) is 8.94. The smallest absolute Gasteiger partial charge is 0.325 e. The molecule has 2 heterocycles. The summed E-state index contributed by atoms with van der Waals surface area (Å²) in [6, 6.07) is 4.93. The number of hydrogen-bond donors (Lipinski definition) is 3. The Kier molecular flexibility index (Phi) is 6.51. The molecule has 31 heavy (non-hydrogen) atoms. The van der Waals surface area contributed by atoms with E-state index in [1.165, 1.54) is 21.1 Å². The van der Waals surface area contributed by atoms with Gasteiger partial charge in [0.25, 0.3) is 5.56 Å². The number of carbonyl (C=O) groups excluding carboxylic acids is 1.